The fraction of sp³-hybridized carbons (Fsp3) is 0.273. The van der Waals surface area contributed by atoms with Crippen molar-refractivity contribution in [3.63, 3.8) is 0 Å². The van der Waals surface area contributed by atoms with Gasteiger partial charge in [-0.3, -0.25) is 4.79 Å². The van der Waals surface area contributed by atoms with Crippen LogP contribution in [0, 0.1) is 11.8 Å². The Kier molecular flexibility index (Phi) is 1.92. The number of hydrazone groups is 1. The average Bonchev–Trinajstić information content (AvgIpc) is 3.01. The zero-order valence-electron chi connectivity index (χ0n) is 7.90. The molecule has 1 heterocycles. The first-order valence-electron chi connectivity index (χ1n) is 4.89. The molecule has 1 saturated carbocycles. The van der Waals surface area contributed by atoms with Crippen LogP contribution >= 0.6 is 15.9 Å². The minimum atomic E-state index is 0.0702. The molecule has 2 unspecified atom stereocenters. The lowest BCUT2D eigenvalue weighted by atomic mass is 10.0. The van der Waals surface area contributed by atoms with Crippen LogP contribution in [0.2, 0.25) is 0 Å². The molecule has 1 aliphatic carbocycles. The average molecular weight is 265 g/mol. The van der Waals surface area contributed by atoms with Crippen molar-refractivity contribution < 1.29 is 4.79 Å². The monoisotopic (exact) mass is 264 g/mol. The molecule has 4 heteroatoms. The normalized spacial score (nSPS) is 27.8. The number of halogens is 1. The molecule has 1 fully saturated rings. The van der Waals surface area contributed by atoms with E-state index in [9.17, 15) is 4.79 Å². The molecule has 76 valence electrons. The predicted molar refractivity (Wildman–Crippen MR) is 60.4 cm³/mol. The quantitative estimate of drug-likeness (QED) is 0.828. The van der Waals surface area contributed by atoms with Gasteiger partial charge in [-0.25, -0.2) is 5.43 Å². The van der Waals surface area contributed by atoms with E-state index in [1.807, 2.05) is 24.3 Å². The lowest BCUT2D eigenvalue weighted by Gasteiger charge is -2.11. The number of carbonyl (C=O) groups is 1. The highest BCUT2D eigenvalue weighted by Crippen LogP contribution is 2.43. The summed E-state index contributed by atoms with van der Waals surface area (Å²) in [6.45, 7) is 0. The maximum absolute atomic E-state index is 11.2. The minimum Gasteiger partial charge on any atom is -0.273 e. The third-order valence-electron chi connectivity index (χ3n) is 2.90. The number of rotatable bonds is 1. The van der Waals surface area contributed by atoms with Crippen LogP contribution in [-0.4, -0.2) is 11.6 Å². The predicted octanol–water partition coefficient (Wildman–Crippen LogP) is 1.92. The Hall–Kier alpha value is -1.16. The molecule has 1 aliphatic heterocycles. The van der Waals surface area contributed by atoms with Gasteiger partial charge in [0.2, 0.25) is 5.91 Å². The van der Waals surface area contributed by atoms with E-state index in [1.54, 1.807) is 0 Å². The van der Waals surface area contributed by atoms with Crippen molar-refractivity contribution in [1.29, 1.82) is 0 Å². The van der Waals surface area contributed by atoms with Gasteiger partial charge in [-0.2, -0.15) is 5.10 Å². The first kappa shape index (κ1) is 9.09. The summed E-state index contributed by atoms with van der Waals surface area (Å²) in [6.07, 6.45) is 0.945. The molecule has 1 aromatic rings. The summed E-state index contributed by atoms with van der Waals surface area (Å²) in [5.41, 5.74) is 4.70. The van der Waals surface area contributed by atoms with Gasteiger partial charge in [-0.15, -0.1) is 0 Å². The molecule has 0 radical (unpaired) electrons. The number of nitrogens with one attached hydrogen (secondary N) is 1. The molecule has 3 nitrogen and oxygen atoms in total. The van der Waals surface area contributed by atoms with Gasteiger partial charge < -0.3 is 0 Å². The standard InChI is InChI=1S/C11H9BrN2O/c12-7-3-1-6(2-4-7)10-8-5-9(8)11(15)14-13-10/h1-4,8-9H,5H2,(H,14,15). The third-order valence-corrected chi connectivity index (χ3v) is 3.43. The second-order valence-electron chi connectivity index (χ2n) is 3.93. The van der Waals surface area contributed by atoms with Gasteiger partial charge in [0.1, 0.15) is 0 Å². The fourth-order valence-corrected chi connectivity index (χ4v) is 2.23. The van der Waals surface area contributed by atoms with E-state index >= 15 is 0 Å². The van der Waals surface area contributed by atoms with E-state index in [-0.39, 0.29) is 11.8 Å². The second kappa shape index (κ2) is 3.17. The van der Waals surface area contributed by atoms with Gasteiger partial charge in [0.05, 0.1) is 5.71 Å². The van der Waals surface area contributed by atoms with Gasteiger partial charge >= 0.3 is 0 Å². The Bertz CT molecular complexity index is 452. The Morgan fingerprint density at radius 1 is 1.27 bits per heavy atom. The first-order valence-corrected chi connectivity index (χ1v) is 5.68. The van der Waals surface area contributed by atoms with Crippen molar-refractivity contribution >= 4 is 27.5 Å². The summed E-state index contributed by atoms with van der Waals surface area (Å²) in [6, 6.07) is 8.03. The summed E-state index contributed by atoms with van der Waals surface area (Å²) < 4.78 is 1.05. The van der Waals surface area contributed by atoms with Gasteiger partial charge in [-0.05, 0) is 24.1 Å². The molecule has 0 saturated heterocycles. The molecule has 1 N–H and O–H groups in total. The zero-order valence-corrected chi connectivity index (χ0v) is 9.49. The van der Waals surface area contributed by atoms with Crippen LogP contribution in [0.1, 0.15) is 12.0 Å². The van der Waals surface area contributed by atoms with Crippen LogP contribution in [0.3, 0.4) is 0 Å². The zero-order chi connectivity index (χ0) is 10.4. The molecule has 2 aliphatic rings. The topological polar surface area (TPSA) is 41.5 Å². The minimum absolute atomic E-state index is 0.0702. The molecule has 0 bridgehead atoms. The van der Waals surface area contributed by atoms with Gasteiger partial charge in [0.25, 0.3) is 0 Å². The van der Waals surface area contributed by atoms with E-state index < -0.39 is 0 Å². The van der Waals surface area contributed by atoms with Crippen LogP contribution in [-0.2, 0) is 4.79 Å². The molecule has 3 rings (SSSR count). The van der Waals surface area contributed by atoms with Crippen LogP contribution in [0.4, 0.5) is 0 Å². The molecule has 1 amide bonds. The Morgan fingerprint density at radius 2 is 2.00 bits per heavy atom. The van der Waals surface area contributed by atoms with Crippen LogP contribution < -0.4 is 5.43 Å². The van der Waals surface area contributed by atoms with E-state index in [1.165, 1.54) is 0 Å². The molecular formula is C11H9BrN2O. The molecule has 1 aromatic carbocycles. The first-order chi connectivity index (χ1) is 7.25. The van der Waals surface area contributed by atoms with Crippen LogP contribution in [0.5, 0.6) is 0 Å². The van der Waals surface area contributed by atoms with Crippen LogP contribution in [0.15, 0.2) is 33.8 Å². The van der Waals surface area contributed by atoms with Crippen molar-refractivity contribution in [2.45, 2.75) is 6.42 Å². The largest absolute Gasteiger partial charge is 0.273 e. The molecule has 0 aromatic heterocycles. The summed E-state index contributed by atoms with van der Waals surface area (Å²) in [5.74, 6) is 0.585. The van der Waals surface area contributed by atoms with Crippen LogP contribution in [0.25, 0.3) is 0 Å². The number of hydrogen-bond donors (Lipinski definition) is 1. The summed E-state index contributed by atoms with van der Waals surface area (Å²) in [7, 11) is 0. The summed E-state index contributed by atoms with van der Waals surface area (Å²) in [4.78, 5) is 11.2. The highest BCUT2D eigenvalue weighted by molar-refractivity contribution is 9.10. The number of fused-ring (bicyclic) bond motifs is 1. The Morgan fingerprint density at radius 3 is 2.73 bits per heavy atom. The van der Waals surface area contributed by atoms with Crippen molar-refractivity contribution in [3.05, 3.63) is 34.3 Å². The number of benzene rings is 1. The van der Waals surface area contributed by atoms with E-state index in [0.29, 0.717) is 5.92 Å². The maximum Gasteiger partial charge on any atom is 0.243 e. The van der Waals surface area contributed by atoms with Crippen molar-refractivity contribution in [2.75, 3.05) is 0 Å². The SMILES string of the molecule is O=C1NN=C(c2ccc(Br)cc2)C2CC12. The highest BCUT2D eigenvalue weighted by atomic mass is 79.9. The lowest BCUT2D eigenvalue weighted by molar-refractivity contribution is -0.122. The van der Waals surface area contributed by atoms with Crippen molar-refractivity contribution in [3.8, 4) is 0 Å². The van der Waals surface area contributed by atoms with E-state index in [2.05, 4.69) is 26.5 Å². The number of carbonyl (C=O) groups excluding carboxylic acids is 1. The number of amides is 1. The maximum atomic E-state index is 11.2. The lowest BCUT2D eigenvalue weighted by Crippen LogP contribution is -2.28. The molecule has 15 heavy (non-hydrogen) atoms. The molecule has 0 spiro atoms. The summed E-state index contributed by atoms with van der Waals surface area (Å²) >= 11 is 3.39. The fourth-order valence-electron chi connectivity index (χ4n) is 1.97. The number of nitrogens with zero attached hydrogens (tertiary/aromatic N) is 1. The van der Waals surface area contributed by atoms with Crippen molar-refractivity contribution in [1.82, 2.24) is 5.43 Å². The van der Waals surface area contributed by atoms with Gasteiger partial charge in [0, 0.05) is 16.3 Å². The highest BCUT2D eigenvalue weighted by Gasteiger charge is 2.49. The molecule has 2 atom stereocenters. The van der Waals surface area contributed by atoms with Gasteiger partial charge in [-0.1, -0.05) is 28.1 Å². The molecular weight excluding hydrogens is 256 g/mol. The van der Waals surface area contributed by atoms with E-state index in [0.717, 1.165) is 22.2 Å². The smallest absolute Gasteiger partial charge is 0.243 e. The Labute approximate surface area is 95.7 Å². The summed E-state index contributed by atoms with van der Waals surface area (Å²) in [5, 5.41) is 4.13. The number of hydrogen-bond acceptors (Lipinski definition) is 2. The Balaban J connectivity index is 1.95. The third kappa shape index (κ3) is 1.49. The van der Waals surface area contributed by atoms with Gasteiger partial charge in [0.15, 0.2) is 0 Å². The van der Waals surface area contributed by atoms with E-state index in [4.69, 9.17) is 0 Å². The second-order valence-corrected chi connectivity index (χ2v) is 4.84. The van der Waals surface area contributed by atoms with Crippen molar-refractivity contribution in [2.24, 2.45) is 16.9 Å².